The van der Waals surface area contributed by atoms with Crippen LogP contribution in [0.3, 0.4) is 0 Å². The molecule has 39 heavy (non-hydrogen) atoms. The largest absolute Gasteiger partial charge is 0.497 e. The number of piperidine rings is 1. The van der Waals surface area contributed by atoms with Gasteiger partial charge in [-0.1, -0.05) is 11.8 Å². The molecular formula is C29H28F4N2O4. The van der Waals surface area contributed by atoms with Crippen molar-refractivity contribution >= 4 is 16.9 Å². The molecule has 0 unspecified atom stereocenters. The maximum Gasteiger partial charge on any atom is 0.303 e. The fraction of sp³-hybridized carbons (Fsp3) is 0.379. The normalized spacial score (nSPS) is 15.9. The number of aliphatic carboxylic acids is 1. The highest BCUT2D eigenvalue weighted by Gasteiger charge is 2.37. The molecule has 2 heterocycles. The van der Waals surface area contributed by atoms with Gasteiger partial charge in [0.2, 0.25) is 0 Å². The number of aliphatic hydroxyl groups is 1. The van der Waals surface area contributed by atoms with Gasteiger partial charge in [0.05, 0.1) is 43.5 Å². The van der Waals surface area contributed by atoms with Crippen molar-refractivity contribution in [2.24, 2.45) is 5.41 Å². The summed E-state index contributed by atoms with van der Waals surface area (Å²) < 4.78 is 60.7. The highest BCUT2D eigenvalue weighted by molar-refractivity contribution is 5.84. The average molecular weight is 545 g/mol. The van der Waals surface area contributed by atoms with Crippen LogP contribution in [0.2, 0.25) is 0 Å². The van der Waals surface area contributed by atoms with Crippen molar-refractivity contribution in [1.82, 2.24) is 9.88 Å². The van der Waals surface area contributed by atoms with E-state index < -0.39 is 46.3 Å². The van der Waals surface area contributed by atoms with Crippen LogP contribution in [0.4, 0.5) is 17.6 Å². The first kappa shape index (κ1) is 28.3. The molecule has 0 radical (unpaired) electrons. The number of fused-ring (bicyclic) bond motifs is 1. The standard InChI is InChI=1S/C29H28F4N2O4/c1-39-19-4-5-25-21(15-19)28(24(33)17-34-25)26(36)6-7-29(16-27(37)38)8-11-35(12-9-29)10-2-3-20-22(31)13-18(30)14-23(20)32/h4-5,13-15,17,26,36H,6-12,16H2,1H3,(H,37,38)/t26-/m0/s1. The minimum atomic E-state index is -1.18. The molecule has 0 amide bonds. The second-order valence-electron chi connectivity index (χ2n) is 9.85. The van der Waals surface area contributed by atoms with Crippen LogP contribution >= 0.6 is 0 Å². The van der Waals surface area contributed by atoms with Gasteiger partial charge in [0.1, 0.15) is 29.0 Å². The summed E-state index contributed by atoms with van der Waals surface area (Å²) >= 11 is 0. The zero-order valence-corrected chi connectivity index (χ0v) is 21.3. The Bertz CT molecular complexity index is 1410. The molecule has 3 aromatic rings. The molecule has 6 nitrogen and oxygen atoms in total. The van der Waals surface area contributed by atoms with Crippen molar-refractivity contribution in [1.29, 1.82) is 0 Å². The predicted octanol–water partition coefficient (Wildman–Crippen LogP) is 5.22. The Morgan fingerprint density at radius 2 is 1.82 bits per heavy atom. The van der Waals surface area contributed by atoms with E-state index in [2.05, 4.69) is 16.8 Å². The number of methoxy groups -OCH3 is 1. The summed E-state index contributed by atoms with van der Waals surface area (Å²) in [6, 6.07) is 6.11. The number of benzene rings is 2. The van der Waals surface area contributed by atoms with Gasteiger partial charge in [0.15, 0.2) is 0 Å². The van der Waals surface area contributed by atoms with Gasteiger partial charge in [-0.25, -0.2) is 17.6 Å². The molecule has 1 fully saturated rings. The van der Waals surface area contributed by atoms with Gasteiger partial charge < -0.3 is 14.9 Å². The molecule has 2 N–H and O–H groups in total. The molecule has 1 aliphatic heterocycles. The van der Waals surface area contributed by atoms with Crippen LogP contribution in [0.1, 0.15) is 49.3 Å². The van der Waals surface area contributed by atoms with Crippen LogP contribution in [0.15, 0.2) is 36.5 Å². The van der Waals surface area contributed by atoms with E-state index in [1.165, 1.54) is 7.11 Å². The minimum absolute atomic E-state index is 0.0948. The Morgan fingerprint density at radius 3 is 2.46 bits per heavy atom. The lowest BCUT2D eigenvalue weighted by Gasteiger charge is -2.41. The van der Waals surface area contributed by atoms with E-state index in [1.807, 2.05) is 4.90 Å². The van der Waals surface area contributed by atoms with Crippen LogP contribution in [0.5, 0.6) is 5.75 Å². The zero-order chi connectivity index (χ0) is 28.2. The molecular weight excluding hydrogens is 516 g/mol. The van der Waals surface area contributed by atoms with E-state index in [0.29, 0.717) is 61.1 Å². The quantitative estimate of drug-likeness (QED) is 0.299. The van der Waals surface area contributed by atoms with E-state index in [1.54, 1.807) is 18.2 Å². The molecule has 1 atom stereocenters. The monoisotopic (exact) mass is 544 g/mol. The highest BCUT2D eigenvalue weighted by atomic mass is 19.1. The lowest BCUT2D eigenvalue weighted by molar-refractivity contribution is -0.141. The molecule has 1 aliphatic rings. The molecule has 10 heteroatoms. The number of carbonyl (C=O) groups is 1. The van der Waals surface area contributed by atoms with Crippen LogP contribution in [0.25, 0.3) is 10.9 Å². The maximum atomic E-state index is 14.8. The lowest BCUT2D eigenvalue weighted by Crippen LogP contribution is -2.41. The van der Waals surface area contributed by atoms with Gasteiger partial charge in [-0.15, -0.1) is 0 Å². The van der Waals surface area contributed by atoms with Crippen LogP contribution in [0, 0.1) is 40.5 Å². The summed E-state index contributed by atoms with van der Waals surface area (Å²) in [5, 5.41) is 21.0. The third kappa shape index (κ3) is 6.67. The van der Waals surface area contributed by atoms with Crippen molar-refractivity contribution in [2.75, 3.05) is 26.7 Å². The summed E-state index contributed by atoms with van der Waals surface area (Å²) in [5.74, 6) is 0.813. The number of aliphatic hydroxyl groups excluding tert-OH is 1. The molecule has 0 saturated carbocycles. The SMILES string of the molecule is COc1ccc2ncc(F)c([C@@H](O)CCC3(CC(=O)O)CCN(CC#Cc4c(F)cc(F)cc4F)CC3)c2c1. The summed E-state index contributed by atoms with van der Waals surface area (Å²) in [6.07, 6.45) is 1.23. The Kier molecular flexibility index (Phi) is 8.73. The number of hydrogen-bond donors (Lipinski definition) is 2. The summed E-state index contributed by atoms with van der Waals surface area (Å²) in [5.41, 5.74) is -0.530. The number of rotatable bonds is 8. The third-order valence-corrected chi connectivity index (χ3v) is 7.32. The number of halogens is 4. The molecule has 1 saturated heterocycles. The van der Waals surface area contributed by atoms with Gasteiger partial charge in [0, 0.05) is 23.1 Å². The van der Waals surface area contributed by atoms with Crippen molar-refractivity contribution in [2.45, 2.75) is 38.2 Å². The Morgan fingerprint density at radius 1 is 1.13 bits per heavy atom. The minimum Gasteiger partial charge on any atom is -0.497 e. The maximum absolute atomic E-state index is 14.8. The van der Waals surface area contributed by atoms with E-state index in [-0.39, 0.29) is 24.9 Å². The van der Waals surface area contributed by atoms with E-state index in [9.17, 15) is 32.6 Å². The molecule has 2 aromatic carbocycles. The second-order valence-corrected chi connectivity index (χ2v) is 9.85. The summed E-state index contributed by atoms with van der Waals surface area (Å²) in [6.45, 7) is 1.16. The van der Waals surface area contributed by atoms with Gasteiger partial charge in [-0.05, 0) is 62.4 Å². The summed E-state index contributed by atoms with van der Waals surface area (Å²) in [4.78, 5) is 17.7. The molecule has 4 rings (SSSR count). The van der Waals surface area contributed by atoms with Crippen LogP contribution in [-0.2, 0) is 4.79 Å². The van der Waals surface area contributed by atoms with Gasteiger partial charge in [-0.2, -0.15) is 0 Å². The number of carboxylic acid groups (broad SMARTS) is 1. The van der Waals surface area contributed by atoms with Crippen LogP contribution in [-0.4, -0.2) is 52.8 Å². The summed E-state index contributed by atoms with van der Waals surface area (Å²) in [7, 11) is 1.48. The Labute approximate surface area is 223 Å². The second kappa shape index (κ2) is 12.0. The van der Waals surface area contributed by atoms with Crippen LogP contribution < -0.4 is 4.74 Å². The van der Waals surface area contributed by atoms with E-state index >= 15 is 0 Å². The molecule has 0 spiro atoms. The smallest absolute Gasteiger partial charge is 0.303 e. The lowest BCUT2D eigenvalue weighted by atomic mass is 9.71. The zero-order valence-electron chi connectivity index (χ0n) is 21.3. The van der Waals surface area contributed by atoms with E-state index in [0.717, 1.165) is 6.20 Å². The molecule has 0 bridgehead atoms. The van der Waals surface area contributed by atoms with Crippen molar-refractivity contribution in [3.63, 3.8) is 0 Å². The first-order valence-electron chi connectivity index (χ1n) is 12.5. The number of likely N-dealkylation sites (tertiary alicyclic amines) is 1. The predicted molar refractivity (Wildman–Crippen MR) is 136 cm³/mol. The van der Waals surface area contributed by atoms with Crippen molar-refractivity contribution in [3.05, 3.63) is 70.9 Å². The van der Waals surface area contributed by atoms with Gasteiger partial charge in [0.25, 0.3) is 0 Å². The Balaban J connectivity index is 1.44. The first-order valence-corrected chi connectivity index (χ1v) is 12.5. The Hall–Kier alpha value is -3.68. The third-order valence-electron chi connectivity index (χ3n) is 7.32. The average Bonchev–Trinajstić information content (AvgIpc) is 2.89. The molecule has 206 valence electrons. The van der Waals surface area contributed by atoms with Crippen molar-refractivity contribution < 1.29 is 37.3 Å². The first-order chi connectivity index (χ1) is 18.6. The number of pyridine rings is 1. The number of hydrogen-bond acceptors (Lipinski definition) is 5. The fourth-order valence-electron chi connectivity index (χ4n) is 5.14. The number of aromatic nitrogens is 1. The number of carboxylic acids is 1. The number of nitrogens with zero attached hydrogens (tertiary/aromatic N) is 2. The number of ether oxygens (including phenoxy) is 1. The van der Waals surface area contributed by atoms with Gasteiger partial charge >= 0.3 is 5.97 Å². The fourth-order valence-corrected chi connectivity index (χ4v) is 5.14. The highest BCUT2D eigenvalue weighted by Crippen LogP contribution is 2.42. The van der Waals surface area contributed by atoms with Gasteiger partial charge in [-0.3, -0.25) is 14.7 Å². The van der Waals surface area contributed by atoms with Crippen molar-refractivity contribution in [3.8, 4) is 17.6 Å². The topological polar surface area (TPSA) is 82.9 Å². The van der Waals surface area contributed by atoms with E-state index in [4.69, 9.17) is 4.74 Å². The molecule has 1 aromatic heterocycles. The molecule has 0 aliphatic carbocycles.